The van der Waals surface area contributed by atoms with Gasteiger partial charge in [-0.15, -0.1) is 0 Å². The maximum atomic E-state index is 11.7. The van der Waals surface area contributed by atoms with Crippen molar-refractivity contribution in [3.8, 4) is 0 Å². The van der Waals surface area contributed by atoms with Gasteiger partial charge < -0.3 is 30.3 Å². The number of ether oxygens (including phenoxy) is 1. The largest absolute Gasteiger partial charge is 1.00 e. The number of hydrogen-bond acceptors (Lipinski definition) is 10. The molecule has 0 radical (unpaired) electrons. The van der Waals surface area contributed by atoms with E-state index in [1.54, 1.807) is 0 Å². The van der Waals surface area contributed by atoms with E-state index in [-0.39, 0.29) is 41.8 Å². The second kappa shape index (κ2) is 8.70. The summed E-state index contributed by atoms with van der Waals surface area (Å²) in [6.07, 6.45) is -2.04. The molecule has 5 N–H and O–H groups in total. The first-order chi connectivity index (χ1) is 11.0. The molecule has 16 heteroatoms. The third-order valence-electron chi connectivity index (χ3n) is 2.97. The zero-order valence-corrected chi connectivity index (χ0v) is 16.7. The van der Waals surface area contributed by atoms with Crippen LogP contribution in [0.25, 0.3) is 0 Å². The first kappa shape index (κ1) is 22.9. The van der Waals surface area contributed by atoms with E-state index in [2.05, 4.69) is 13.8 Å². The number of anilines is 1. The van der Waals surface area contributed by atoms with Gasteiger partial charge in [-0.25, -0.2) is 13.7 Å². The zero-order chi connectivity index (χ0) is 18.1. The number of nitrogens with two attached hydrogens (primary N) is 1. The summed E-state index contributed by atoms with van der Waals surface area (Å²) in [6, 6.07) is 1.34. The Kier molecular flexibility index (Phi) is 7.97. The average Bonchev–Trinajstić information content (AvgIpc) is 2.75. The fourth-order valence-corrected chi connectivity index (χ4v) is 3.57. The second-order valence-electron chi connectivity index (χ2n) is 4.79. The van der Waals surface area contributed by atoms with Crippen molar-refractivity contribution in [2.45, 2.75) is 24.9 Å². The van der Waals surface area contributed by atoms with Crippen molar-refractivity contribution in [3.05, 3.63) is 22.7 Å². The molecule has 0 amide bonds. The van der Waals surface area contributed by atoms with Crippen LogP contribution in [0.2, 0.25) is 0 Å². The standard InChI is InChI=1S/C9H15N3O10P2.Na/c10-7-1-2-12(9(14)11-7)8-3-5(13)6(21-8)4-20-24(18,19)22-23(15,16)17;/h1-2,5-6,8,13H,3-4H2,(H,18,19)(H2,10,11,14)(H2,15,16,17);/q;+1/p-1. The smallest absolute Gasteiger partial charge is 0.756 e. The normalized spacial score (nSPS) is 27.9. The van der Waals surface area contributed by atoms with Crippen molar-refractivity contribution in [2.75, 3.05) is 12.3 Å². The molecule has 1 aliphatic heterocycles. The summed E-state index contributed by atoms with van der Waals surface area (Å²) in [5, 5.41) is 9.85. The van der Waals surface area contributed by atoms with E-state index in [0.29, 0.717) is 0 Å². The topological polar surface area (TPSA) is 206 Å². The van der Waals surface area contributed by atoms with E-state index in [1.807, 2.05) is 0 Å². The zero-order valence-electron chi connectivity index (χ0n) is 12.9. The molecule has 13 nitrogen and oxygen atoms in total. The van der Waals surface area contributed by atoms with Crippen molar-refractivity contribution in [1.29, 1.82) is 0 Å². The van der Waals surface area contributed by atoms with Crippen LogP contribution in [0.3, 0.4) is 0 Å². The second-order valence-corrected chi connectivity index (χ2v) is 7.57. The fourth-order valence-electron chi connectivity index (χ4n) is 2.00. The number of nitrogens with zero attached hydrogens (tertiary/aromatic N) is 2. The Morgan fingerprint density at radius 3 is 2.68 bits per heavy atom. The molecule has 0 bridgehead atoms. The summed E-state index contributed by atoms with van der Waals surface area (Å²) >= 11 is 0. The van der Waals surface area contributed by atoms with Gasteiger partial charge in [0, 0.05) is 12.6 Å². The van der Waals surface area contributed by atoms with E-state index in [1.165, 1.54) is 12.3 Å². The number of phosphoric acid groups is 2. The van der Waals surface area contributed by atoms with Gasteiger partial charge in [0.15, 0.2) is 0 Å². The van der Waals surface area contributed by atoms with Gasteiger partial charge in [0.1, 0.15) is 18.1 Å². The Labute approximate surface area is 162 Å². The number of aliphatic hydroxyl groups excluding tert-OH is 1. The van der Waals surface area contributed by atoms with Crippen LogP contribution in [0.15, 0.2) is 17.1 Å². The Morgan fingerprint density at radius 2 is 2.12 bits per heavy atom. The van der Waals surface area contributed by atoms with Crippen molar-refractivity contribution < 1.29 is 72.0 Å². The molecular formula is C9H14N3NaO10P2. The van der Waals surface area contributed by atoms with Gasteiger partial charge in [0.25, 0.3) is 7.82 Å². The number of phosphoric ester groups is 1. The molecule has 5 atom stereocenters. The number of nitrogen functional groups attached to an aromatic ring is 1. The Bertz CT molecular complexity index is 753. The minimum Gasteiger partial charge on any atom is -0.756 e. The summed E-state index contributed by atoms with van der Waals surface area (Å²) in [5.41, 5.74) is 4.63. The summed E-state index contributed by atoms with van der Waals surface area (Å²) in [6.45, 7) is -0.734. The molecule has 5 unspecified atom stereocenters. The molecule has 1 aliphatic rings. The molecule has 0 spiro atoms. The van der Waals surface area contributed by atoms with Crippen molar-refractivity contribution >= 4 is 21.5 Å². The van der Waals surface area contributed by atoms with Gasteiger partial charge >= 0.3 is 43.1 Å². The SMILES string of the molecule is Nc1ccn(C2CC(O)C(COP(=O)(O)OP(=O)([O-])O)O2)c(=O)n1.[Na+]. The molecule has 2 heterocycles. The molecule has 0 aromatic carbocycles. The van der Waals surface area contributed by atoms with Crippen LogP contribution in [0.1, 0.15) is 12.6 Å². The first-order valence-electron chi connectivity index (χ1n) is 6.37. The van der Waals surface area contributed by atoms with Gasteiger partial charge in [-0.05, 0) is 6.07 Å². The van der Waals surface area contributed by atoms with Crippen LogP contribution in [0.5, 0.6) is 0 Å². The van der Waals surface area contributed by atoms with E-state index in [0.717, 1.165) is 4.57 Å². The van der Waals surface area contributed by atoms with E-state index < -0.39 is 46.4 Å². The molecule has 0 saturated carbocycles. The van der Waals surface area contributed by atoms with Crippen LogP contribution in [0.4, 0.5) is 5.82 Å². The predicted octanol–water partition coefficient (Wildman–Crippen LogP) is -4.93. The summed E-state index contributed by atoms with van der Waals surface area (Å²) in [5.74, 6) is -0.000840. The molecule has 25 heavy (non-hydrogen) atoms. The van der Waals surface area contributed by atoms with Crippen molar-refractivity contribution in [1.82, 2.24) is 9.55 Å². The molecule has 1 fully saturated rings. The number of rotatable bonds is 6. The monoisotopic (exact) mass is 409 g/mol. The Balaban J connectivity index is 0.00000312. The predicted molar refractivity (Wildman–Crippen MR) is 74.1 cm³/mol. The van der Waals surface area contributed by atoms with Gasteiger partial charge in [0.2, 0.25) is 0 Å². The minimum atomic E-state index is -5.49. The van der Waals surface area contributed by atoms with Crippen LogP contribution in [0, 0.1) is 0 Å². The van der Waals surface area contributed by atoms with Crippen LogP contribution < -0.4 is 45.9 Å². The fraction of sp³-hybridized carbons (Fsp3) is 0.556. The van der Waals surface area contributed by atoms with Gasteiger partial charge in [-0.1, -0.05) is 0 Å². The number of aromatic nitrogens is 2. The molecule has 2 rings (SSSR count). The molecule has 0 aliphatic carbocycles. The molecule has 1 aromatic rings. The average molecular weight is 409 g/mol. The minimum absolute atomic E-state index is 0. The Hall–Kier alpha value is -0.140. The third kappa shape index (κ3) is 6.83. The summed E-state index contributed by atoms with van der Waals surface area (Å²) in [7, 11) is -10.6. The van der Waals surface area contributed by atoms with Crippen LogP contribution in [-0.2, 0) is 22.7 Å². The van der Waals surface area contributed by atoms with Crippen molar-refractivity contribution in [3.63, 3.8) is 0 Å². The van der Waals surface area contributed by atoms with E-state index in [4.69, 9.17) is 20.3 Å². The quantitative estimate of drug-likeness (QED) is 0.258. The number of hydrogen-bond donors (Lipinski definition) is 4. The molecule has 1 aromatic heterocycles. The number of aliphatic hydroxyl groups is 1. The Morgan fingerprint density at radius 1 is 1.48 bits per heavy atom. The van der Waals surface area contributed by atoms with Crippen molar-refractivity contribution in [2.24, 2.45) is 0 Å². The van der Waals surface area contributed by atoms with Gasteiger partial charge in [-0.3, -0.25) is 13.7 Å². The van der Waals surface area contributed by atoms with Crippen LogP contribution in [-0.4, -0.2) is 43.3 Å². The maximum absolute atomic E-state index is 11.7. The summed E-state index contributed by atoms with van der Waals surface area (Å²) < 4.78 is 35.9. The van der Waals surface area contributed by atoms with Gasteiger partial charge in [-0.2, -0.15) is 4.98 Å². The maximum Gasteiger partial charge on any atom is 1.00 e. The molecule has 1 saturated heterocycles. The third-order valence-corrected chi connectivity index (χ3v) is 5.10. The first-order valence-corrected chi connectivity index (χ1v) is 9.36. The summed E-state index contributed by atoms with van der Waals surface area (Å²) in [4.78, 5) is 43.1. The molecular weight excluding hydrogens is 395 g/mol. The van der Waals surface area contributed by atoms with E-state index in [9.17, 15) is 23.9 Å². The van der Waals surface area contributed by atoms with Gasteiger partial charge in [0.05, 0.1) is 12.7 Å². The molecule has 136 valence electrons. The van der Waals surface area contributed by atoms with E-state index >= 15 is 0 Å². The van der Waals surface area contributed by atoms with Crippen LogP contribution >= 0.6 is 15.6 Å².